The Bertz CT molecular complexity index is 269. The second-order valence-electron chi connectivity index (χ2n) is 5.01. The molecule has 0 aromatic carbocycles. The van der Waals surface area contributed by atoms with Crippen molar-refractivity contribution in [2.45, 2.75) is 58.0 Å². The van der Waals surface area contributed by atoms with Gasteiger partial charge in [-0.15, -0.1) is 0 Å². The van der Waals surface area contributed by atoms with Gasteiger partial charge < -0.3 is 17.2 Å². The lowest BCUT2D eigenvalue weighted by molar-refractivity contribution is -0.122. The molecule has 5 heteroatoms. The third-order valence-corrected chi connectivity index (χ3v) is 3.31. The monoisotopic (exact) mass is 257 g/mol. The molecule has 0 aliphatic rings. The van der Waals surface area contributed by atoms with E-state index >= 15 is 0 Å². The number of rotatable bonds is 10. The lowest BCUT2D eigenvalue weighted by Gasteiger charge is -2.17. The number of hydrogen-bond acceptors (Lipinski definition) is 5. The van der Waals surface area contributed by atoms with Crippen LogP contribution in [-0.4, -0.2) is 30.2 Å². The number of Topliss-reactive ketones (excluding diaryl/α,β-unsaturated/α-hetero) is 2. The maximum absolute atomic E-state index is 11.8. The molecule has 0 rings (SSSR count). The van der Waals surface area contributed by atoms with E-state index in [0.717, 1.165) is 12.8 Å². The highest BCUT2D eigenvalue weighted by atomic mass is 16.1. The molecule has 0 saturated carbocycles. The van der Waals surface area contributed by atoms with Crippen molar-refractivity contribution in [1.82, 2.24) is 0 Å². The molecule has 0 fully saturated rings. The summed E-state index contributed by atoms with van der Waals surface area (Å²) in [4.78, 5) is 22.8. The van der Waals surface area contributed by atoms with E-state index in [1.807, 2.05) is 6.92 Å². The third kappa shape index (κ3) is 6.83. The van der Waals surface area contributed by atoms with Crippen LogP contribution in [0.5, 0.6) is 0 Å². The Kier molecular flexibility index (Phi) is 8.79. The van der Waals surface area contributed by atoms with Crippen molar-refractivity contribution in [1.29, 1.82) is 0 Å². The maximum atomic E-state index is 11.8. The first-order chi connectivity index (χ1) is 8.40. The Morgan fingerprint density at radius 3 is 2.22 bits per heavy atom. The fourth-order valence-electron chi connectivity index (χ4n) is 1.81. The predicted molar refractivity (Wildman–Crippen MR) is 72.9 cm³/mol. The first-order valence-electron chi connectivity index (χ1n) is 6.64. The quantitative estimate of drug-likeness (QED) is 0.489. The van der Waals surface area contributed by atoms with Crippen LogP contribution in [0.2, 0.25) is 0 Å². The Morgan fingerprint density at radius 2 is 1.72 bits per heavy atom. The highest BCUT2D eigenvalue weighted by molar-refractivity contribution is 5.84. The number of carbonyl (C=O) groups is 2. The van der Waals surface area contributed by atoms with Crippen LogP contribution in [0.1, 0.15) is 46.0 Å². The molecule has 3 atom stereocenters. The molecule has 0 saturated heterocycles. The minimum Gasteiger partial charge on any atom is -0.330 e. The Hall–Kier alpha value is -0.780. The van der Waals surface area contributed by atoms with Crippen molar-refractivity contribution in [3.63, 3.8) is 0 Å². The van der Waals surface area contributed by atoms with Crippen LogP contribution in [-0.2, 0) is 9.59 Å². The van der Waals surface area contributed by atoms with Gasteiger partial charge in [-0.3, -0.25) is 9.59 Å². The Balaban J connectivity index is 3.91. The average Bonchev–Trinajstić information content (AvgIpc) is 2.34. The molecule has 0 aliphatic heterocycles. The van der Waals surface area contributed by atoms with E-state index in [1.165, 1.54) is 6.92 Å². The number of hydrogen-bond donors (Lipinski definition) is 3. The van der Waals surface area contributed by atoms with Crippen LogP contribution < -0.4 is 17.2 Å². The fourth-order valence-corrected chi connectivity index (χ4v) is 1.81. The molecular formula is C13H27N3O2. The van der Waals surface area contributed by atoms with Gasteiger partial charge in [0.1, 0.15) is 11.6 Å². The topological polar surface area (TPSA) is 112 Å². The molecule has 5 nitrogen and oxygen atoms in total. The first-order valence-corrected chi connectivity index (χ1v) is 6.64. The van der Waals surface area contributed by atoms with Crippen LogP contribution >= 0.6 is 0 Å². The summed E-state index contributed by atoms with van der Waals surface area (Å²) in [6.45, 7) is 3.99. The number of nitrogens with two attached hydrogens (primary N) is 3. The van der Waals surface area contributed by atoms with Gasteiger partial charge in [-0.25, -0.2) is 0 Å². The van der Waals surface area contributed by atoms with E-state index in [1.54, 1.807) is 0 Å². The largest absolute Gasteiger partial charge is 0.330 e. The van der Waals surface area contributed by atoms with Crippen LogP contribution in [0.3, 0.4) is 0 Å². The molecule has 18 heavy (non-hydrogen) atoms. The molecule has 2 unspecified atom stereocenters. The minimum atomic E-state index is -0.480. The summed E-state index contributed by atoms with van der Waals surface area (Å²) in [7, 11) is 0. The SMILES string of the molecule is CC(=O)[C@@H](N)C(C)CCC(=O)C(N)CCCCN. The summed E-state index contributed by atoms with van der Waals surface area (Å²) in [5, 5.41) is 0. The van der Waals surface area contributed by atoms with E-state index in [-0.39, 0.29) is 17.5 Å². The van der Waals surface area contributed by atoms with Crippen molar-refractivity contribution in [3.8, 4) is 0 Å². The van der Waals surface area contributed by atoms with Crippen LogP contribution in [0.15, 0.2) is 0 Å². The molecule has 0 aromatic rings. The standard InChI is InChI=1S/C13H27N3O2/c1-9(13(16)10(2)17)6-7-12(18)11(15)5-3-4-8-14/h9,11,13H,3-8,14-16H2,1-2H3/t9?,11?,13-/m0/s1. The van der Waals surface area contributed by atoms with Crippen molar-refractivity contribution in [2.24, 2.45) is 23.1 Å². The molecule has 0 bridgehead atoms. The van der Waals surface area contributed by atoms with Gasteiger partial charge in [-0.1, -0.05) is 13.3 Å². The molecule has 0 aliphatic carbocycles. The van der Waals surface area contributed by atoms with Crippen molar-refractivity contribution in [3.05, 3.63) is 0 Å². The summed E-state index contributed by atoms with van der Waals surface area (Å²) in [6.07, 6.45) is 3.47. The van der Waals surface area contributed by atoms with Gasteiger partial charge >= 0.3 is 0 Å². The van der Waals surface area contributed by atoms with Gasteiger partial charge in [0.05, 0.1) is 12.1 Å². The highest BCUT2D eigenvalue weighted by Gasteiger charge is 2.20. The van der Waals surface area contributed by atoms with Gasteiger partial charge in [-0.2, -0.15) is 0 Å². The Labute approximate surface area is 109 Å². The maximum Gasteiger partial charge on any atom is 0.149 e. The molecule has 0 aromatic heterocycles. The third-order valence-electron chi connectivity index (χ3n) is 3.31. The van der Waals surface area contributed by atoms with Crippen molar-refractivity contribution < 1.29 is 9.59 Å². The van der Waals surface area contributed by atoms with Crippen molar-refractivity contribution in [2.75, 3.05) is 6.54 Å². The zero-order valence-corrected chi connectivity index (χ0v) is 11.5. The first kappa shape index (κ1) is 17.2. The summed E-state index contributed by atoms with van der Waals surface area (Å²) < 4.78 is 0. The number of ketones is 2. The minimum absolute atomic E-state index is 0.0164. The number of unbranched alkanes of at least 4 members (excludes halogenated alkanes) is 1. The van der Waals surface area contributed by atoms with Gasteiger partial charge in [0.2, 0.25) is 0 Å². The summed E-state index contributed by atoms with van der Waals surface area (Å²) in [5.74, 6) is 0.0273. The van der Waals surface area contributed by atoms with Crippen LogP contribution in [0, 0.1) is 5.92 Å². The molecule has 0 spiro atoms. The van der Waals surface area contributed by atoms with Gasteiger partial charge in [0.25, 0.3) is 0 Å². The highest BCUT2D eigenvalue weighted by Crippen LogP contribution is 2.12. The normalized spacial score (nSPS) is 16.1. The van der Waals surface area contributed by atoms with Gasteiger partial charge in [0.15, 0.2) is 0 Å². The average molecular weight is 257 g/mol. The number of carbonyl (C=O) groups excluding carboxylic acids is 2. The van der Waals surface area contributed by atoms with E-state index in [2.05, 4.69) is 0 Å². The molecule has 0 amide bonds. The summed E-state index contributed by atoms with van der Waals surface area (Å²) in [5.41, 5.74) is 16.9. The fraction of sp³-hybridized carbons (Fsp3) is 0.846. The zero-order chi connectivity index (χ0) is 14.1. The predicted octanol–water partition coefficient (Wildman–Crippen LogP) is 0.344. The van der Waals surface area contributed by atoms with Crippen molar-refractivity contribution >= 4 is 11.6 Å². The van der Waals surface area contributed by atoms with Gasteiger partial charge in [0, 0.05) is 6.42 Å². The lowest BCUT2D eigenvalue weighted by atomic mass is 9.92. The zero-order valence-electron chi connectivity index (χ0n) is 11.5. The summed E-state index contributed by atoms with van der Waals surface area (Å²) in [6, 6.07) is -0.886. The smallest absolute Gasteiger partial charge is 0.149 e. The molecule has 0 radical (unpaired) electrons. The second kappa shape index (κ2) is 9.19. The van der Waals surface area contributed by atoms with E-state index in [9.17, 15) is 9.59 Å². The van der Waals surface area contributed by atoms with Crippen LogP contribution in [0.4, 0.5) is 0 Å². The van der Waals surface area contributed by atoms with Gasteiger partial charge in [-0.05, 0) is 38.6 Å². The van der Waals surface area contributed by atoms with E-state index < -0.39 is 12.1 Å². The van der Waals surface area contributed by atoms with E-state index in [0.29, 0.717) is 25.8 Å². The van der Waals surface area contributed by atoms with Crippen LogP contribution in [0.25, 0.3) is 0 Å². The summed E-state index contributed by atoms with van der Waals surface area (Å²) >= 11 is 0. The second-order valence-corrected chi connectivity index (χ2v) is 5.01. The van der Waals surface area contributed by atoms with E-state index in [4.69, 9.17) is 17.2 Å². The molecule has 0 heterocycles. The molecule has 106 valence electrons. The molecular weight excluding hydrogens is 230 g/mol. The molecule has 6 N–H and O–H groups in total. The lowest BCUT2D eigenvalue weighted by Crippen LogP contribution is -2.36. The Morgan fingerprint density at radius 1 is 1.11 bits per heavy atom.